The average Bonchev–Trinajstić information content (AvgIpc) is 2.55. The fraction of sp³-hybridized carbons (Fsp3) is 0.0588. The van der Waals surface area contributed by atoms with Gasteiger partial charge >= 0.3 is 5.97 Å². The van der Waals surface area contributed by atoms with E-state index in [9.17, 15) is 13.6 Å². The molecule has 3 rings (SSSR count). The van der Waals surface area contributed by atoms with Gasteiger partial charge in [-0.05, 0) is 24.3 Å². The Balaban J connectivity index is 2.41. The second kappa shape index (κ2) is 5.64. The second-order valence-corrected chi connectivity index (χ2v) is 4.84. The molecule has 1 aromatic heterocycles. The Kier molecular flexibility index (Phi) is 3.65. The predicted octanol–water partition coefficient (Wildman–Crippen LogP) is 3.89. The van der Waals surface area contributed by atoms with Crippen molar-refractivity contribution in [3.05, 3.63) is 59.8 Å². The van der Waals surface area contributed by atoms with Gasteiger partial charge in [-0.15, -0.1) is 0 Å². The van der Waals surface area contributed by atoms with E-state index in [1.54, 1.807) is 6.07 Å². The summed E-state index contributed by atoms with van der Waals surface area (Å²) in [5, 5.41) is 9.48. The predicted molar refractivity (Wildman–Crippen MR) is 80.6 cm³/mol. The van der Waals surface area contributed by atoms with E-state index in [0.717, 1.165) is 6.20 Å². The summed E-state index contributed by atoms with van der Waals surface area (Å²) in [7, 11) is 1.38. The average molecular weight is 315 g/mol. The van der Waals surface area contributed by atoms with E-state index in [2.05, 4.69) is 4.98 Å². The minimum atomic E-state index is -1.16. The Bertz CT molecular complexity index is 925. The molecule has 0 fully saturated rings. The standard InChI is InChI=1S/C17H11F2NO3/c1-23-14-4-2-3-12(18)15(14)16-11-7-9(17(21)22)5-6-10(11)13(19)8-20-16/h2-8H,1H3,(H,21,22). The summed E-state index contributed by atoms with van der Waals surface area (Å²) in [4.78, 5) is 15.1. The lowest BCUT2D eigenvalue weighted by molar-refractivity contribution is 0.0697. The molecular weight excluding hydrogens is 304 g/mol. The SMILES string of the molecule is COc1cccc(F)c1-c1ncc(F)c2ccc(C(=O)O)cc12. The lowest BCUT2D eigenvalue weighted by Crippen LogP contribution is -1.99. The number of aromatic carboxylic acids is 1. The van der Waals surface area contributed by atoms with Crippen LogP contribution in [0.5, 0.6) is 5.75 Å². The number of rotatable bonds is 3. The van der Waals surface area contributed by atoms with Crippen LogP contribution in [0.1, 0.15) is 10.4 Å². The number of pyridine rings is 1. The van der Waals surface area contributed by atoms with Crippen LogP contribution < -0.4 is 4.74 Å². The second-order valence-electron chi connectivity index (χ2n) is 4.84. The van der Waals surface area contributed by atoms with Gasteiger partial charge in [0.25, 0.3) is 0 Å². The normalized spacial score (nSPS) is 10.7. The van der Waals surface area contributed by atoms with Gasteiger partial charge in [-0.1, -0.05) is 12.1 Å². The first-order valence-corrected chi connectivity index (χ1v) is 6.67. The van der Waals surface area contributed by atoms with Crippen molar-refractivity contribution < 1.29 is 23.4 Å². The molecule has 0 radical (unpaired) electrons. The van der Waals surface area contributed by atoms with Crippen molar-refractivity contribution in [2.75, 3.05) is 7.11 Å². The maximum atomic E-state index is 14.3. The minimum Gasteiger partial charge on any atom is -0.496 e. The number of carboxylic acid groups (broad SMARTS) is 1. The third-order valence-corrected chi connectivity index (χ3v) is 3.52. The van der Waals surface area contributed by atoms with Crippen LogP contribution in [-0.4, -0.2) is 23.2 Å². The number of benzene rings is 2. The van der Waals surface area contributed by atoms with E-state index >= 15 is 0 Å². The molecule has 116 valence electrons. The van der Waals surface area contributed by atoms with E-state index in [1.165, 1.54) is 37.4 Å². The lowest BCUT2D eigenvalue weighted by atomic mass is 10.0. The number of hydrogen-bond acceptors (Lipinski definition) is 3. The monoisotopic (exact) mass is 315 g/mol. The number of nitrogens with zero attached hydrogens (tertiary/aromatic N) is 1. The highest BCUT2D eigenvalue weighted by Crippen LogP contribution is 2.36. The molecule has 3 aromatic rings. The summed E-state index contributed by atoms with van der Waals surface area (Å²) in [5.41, 5.74) is 0.142. The molecule has 0 aliphatic heterocycles. The van der Waals surface area contributed by atoms with Crippen molar-refractivity contribution in [2.45, 2.75) is 0 Å². The van der Waals surface area contributed by atoms with Crippen LogP contribution in [0.3, 0.4) is 0 Å². The van der Waals surface area contributed by atoms with Gasteiger partial charge < -0.3 is 9.84 Å². The number of aromatic nitrogens is 1. The van der Waals surface area contributed by atoms with E-state index < -0.39 is 17.6 Å². The quantitative estimate of drug-likeness (QED) is 0.796. The number of hydrogen-bond donors (Lipinski definition) is 1. The Morgan fingerprint density at radius 3 is 2.61 bits per heavy atom. The molecule has 1 N–H and O–H groups in total. The zero-order valence-corrected chi connectivity index (χ0v) is 12.0. The maximum Gasteiger partial charge on any atom is 0.335 e. The summed E-state index contributed by atoms with van der Waals surface area (Å²) < 4.78 is 33.4. The number of ether oxygens (including phenoxy) is 1. The van der Waals surface area contributed by atoms with Crippen LogP contribution in [-0.2, 0) is 0 Å². The fourth-order valence-electron chi connectivity index (χ4n) is 2.45. The van der Waals surface area contributed by atoms with Crippen molar-refractivity contribution in [3.8, 4) is 17.0 Å². The summed E-state index contributed by atoms with van der Waals surface area (Å²) in [6.07, 6.45) is 0.976. The summed E-state index contributed by atoms with van der Waals surface area (Å²) >= 11 is 0. The Labute approximate surface area is 130 Å². The third-order valence-electron chi connectivity index (χ3n) is 3.52. The number of methoxy groups -OCH3 is 1. The highest BCUT2D eigenvalue weighted by atomic mass is 19.1. The van der Waals surface area contributed by atoms with Crippen LogP contribution in [0.15, 0.2) is 42.6 Å². The van der Waals surface area contributed by atoms with Gasteiger partial charge in [0, 0.05) is 10.8 Å². The Morgan fingerprint density at radius 1 is 1.13 bits per heavy atom. The van der Waals surface area contributed by atoms with Crippen LogP contribution in [0.25, 0.3) is 22.0 Å². The highest BCUT2D eigenvalue weighted by Gasteiger charge is 2.18. The van der Waals surface area contributed by atoms with Crippen LogP contribution in [0.4, 0.5) is 8.78 Å². The highest BCUT2D eigenvalue weighted by molar-refractivity contribution is 6.01. The lowest BCUT2D eigenvalue weighted by Gasteiger charge is -2.12. The van der Waals surface area contributed by atoms with Gasteiger partial charge in [0.1, 0.15) is 17.4 Å². The van der Waals surface area contributed by atoms with Crippen LogP contribution >= 0.6 is 0 Å². The first-order valence-electron chi connectivity index (χ1n) is 6.67. The number of fused-ring (bicyclic) bond motifs is 1. The zero-order chi connectivity index (χ0) is 16.6. The van der Waals surface area contributed by atoms with Crippen LogP contribution in [0.2, 0.25) is 0 Å². The third kappa shape index (κ3) is 2.48. The molecule has 0 amide bonds. The van der Waals surface area contributed by atoms with Gasteiger partial charge in [0.15, 0.2) is 0 Å². The topological polar surface area (TPSA) is 59.4 Å². The Hall–Kier alpha value is -3.02. The molecule has 0 saturated carbocycles. The van der Waals surface area contributed by atoms with E-state index in [-0.39, 0.29) is 33.3 Å². The molecule has 0 unspecified atom stereocenters. The molecular formula is C17H11F2NO3. The minimum absolute atomic E-state index is 0.0403. The summed E-state index contributed by atoms with van der Waals surface area (Å²) in [5.74, 6) is -2.14. The van der Waals surface area contributed by atoms with Gasteiger partial charge in [-0.2, -0.15) is 0 Å². The van der Waals surface area contributed by atoms with Crippen molar-refractivity contribution >= 4 is 16.7 Å². The first-order chi connectivity index (χ1) is 11.0. The fourth-order valence-corrected chi connectivity index (χ4v) is 2.45. The largest absolute Gasteiger partial charge is 0.496 e. The molecule has 23 heavy (non-hydrogen) atoms. The molecule has 0 aliphatic carbocycles. The van der Waals surface area contributed by atoms with Gasteiger partial charge in [-0.3, -0.25) is 4.98 Å². The molecule has 0 aliphatic rings. The number of carbonyl (C=O) groups is 1. The zero-order valence-electron chi connectivity index (χ0n) is 12.0. The molecule has 6 heteroatoms. The van der Waals surface area contributed by atoms with Crippen molar-refractivity contribution in [1.82, 2.24) is 4.98 Å². The number of halogens is 2. The van der Waals surface area contributed by atoms with E-state index in [1.807, 2.05) is 0 Å². The van der Waals surface area contributed by atoms with Crippen LogP contribution in [0, 0.1) is 11.6 Å². The smallest absolute Gasteiger partial charge is 0.335 e. The molecule has 4 nitrogen and oxygen atoms in total. The molecule has 0 spiro atoms. The van der Waals surface area contributed by atoms with Crippen molar-refractivity contribution in [2.24, 2.45) is 0 Å². The molecule has 0 bridgehead atoms. The maximum absolute atomic E-state index is 14.3. The van der Waals surface area contributed by atoms with Gasteiger partial charge in [0.2, 0.25) is 0 Å². The number of carboxylic acids is 1. The molecule has 1 heterocycles. The first kappa shape index (κ1) is 14.9. The summed E-state index contributed by atoms with van der Waals surface area (Å²) in [6, 6.07) is 8.16. The van der Waals surface area contributed by atoms with Crippen molar-refractivity contribution in [1.29, 1.82) is 0 Å². The van der Waals surface area contributed by atoms with E-state index in [4.69, 9.17) is 9.84 Å². The van der Waals surface area contributed by atoms with E-state index in [0.29, 0.717) is 0 Å². The van der Waals surface area contributed by atoms with Gasteiger partial charge in [-0.25, -0.2) is 13.6 Å². The Morgan fingerprint density at radius 2 is 1.91 bits per heavy atom. The summed E-state index contributed by atoms with van der Waals surface area (Å²) in [6.45, 7) is 0. The molecule has 0 saturated heterocycles. The van der Waals surface area contributed by atoms with Gasteiger partial charge in [0.05, 0.1) is 30.1 Å². The molecule has 0 atom stereocenters. The van der Waals surface area contributed by atoms with Crippen molar-refractivity contribution in [3.63, 3.8) is 0 Å². The molecule has 2 aromatic carbocycles.